The minimum atomic E-state index is 0.369. The van der Waals surface area contributed by atoms with Gasteiger partial charge in [0.15, 0.2) is 0 Å². The molecule has 0 amide bonds. The molecule has 0 aromatic rings. The van der Waals surface area contributed by atoms with Gasteiger partial charge in [-0.1, -0.05) is 6.58 Å². The fourth-order valence-corrected chi connectivity index (χ4v) is 5.36. The Kier molecular flexibility index (Phi) is 2.53. The molecule has 0 N–H and O–H groups in total. The van der Waals surface area contributed by atoms with E-state index in [1.165, 1.54) is 44.9 Å². The first-order chi connectivity index (χ1) is 7.69. The highest BCUT2D eigenvalue weighted by Crippen LogP contribution is 2.61. The molecule has 4 aliphatic rings. The van der Waals surface area contributed by atoms with Gasteiger partial charge in [-0.15, -0.1) is 0 Å². The van der Waals surface area contributed by atoms with Crippen LogP contribution in [0.25, 0.3) is 0 Å². The first-order valence-electron chi connectivity index (χ1n) is 6.95. The Bertz CT molecular complexity index is 246. The van der Waals surface area contributed by atoms with Gasteiger partial charge in [0.05, 0.1) is 12.4 Å². The normalized spacial score (nSPS) is 46.7. The topological polar surface area (TPSA) is 9.23 Å². The molecule has 0 aromatic heterocycles. The van der Waals surface area contributed by atoms with E-state index in [4.69, 9.17) is 4.74 Å². The second-order valence-electron chi connectivity index (χ2n) is 6.74. The van der Waals surface area contributed by atoms with Crippen molar-refractivity contribution in [3.63, 3.8) is 0 Å². The Morgan fingerprint density at radius 2 is 1.69 bits per heavy atom. The standard InChI is InChI=1S/C15H24O/c1-3-16-11(2)7-15-8-12-4-13(9-15)6-14(5-12)10-15/h3,11-14H,1,4-10H2,2H3. The first kappa shape index (κ1) is 10.7. The summed E-state index contributed by atoms with van der Waals surface area (Å²) in [4.78, 5) is 0. The molecule has 4 saturated carbocycles. The van der Waals surface area contributed by atoms with E-state index in [1.54, 1.807) is 6.26 Å². The minimum Gasteiger partial charge on any atom is -0.499 e. The fraction of sp³-hybridized carbons (Fsp3) is 0.867. The number of ether oxygens (including phenoxy) is 1. The molecule has 0 radical (unpaired) electrons. The Morgan fingerprint density at radius 1 is 1.19 bits per heavy atom. The lowest BCUT2D eigenvalue weighted by molar-refractivity contribution is -0.0748. The van der Waals surface area contributed by atoms with Crippen LogP contribution in [0.15, 0.2) is 12.8 Å². The van der Waals surface area contributed by atoms with Crippen molar-refractivity contribution in [1.29, 1.82) is 0 Å². The molecule has 0 heterocycles. The summed E-state index contributed by atoms with van der Waals surface area (Å²) in [5.41, 5.74) is 0.650. The lowest BCUT2D eigenvalue weighted by Crippen LogP contribution is -2.47. The third kappa shape index (κ3) is 1.78. The van der Waals surface area contributed by atoms with Gasteiger partial charge in [-0.3, -0.25) is 0 Å². The minimum absolute atomic E-state index is 0.369. The predicted molar refractivity (Wildman–Crippen MR) is 66.0 cm³/mol. The maximum absolute atomic E-state index is 5.54. The van der Waals surface area contributed by atoms with E-state index in [-0.39, 0.29) is 0 Å². The van der Waals surface area contributed by atoms with Crippen molar-refractivity contribution in [1.82, 2.24) is 0 Å². The van der Waals surface area contributed by atoms with E-state index in [1.807, 2.05) is 0 Å². The summed E-state index contributed by atoms with van der Waals surface area (Å²) in [6.07, 6.45) is 12.3. The molecule has 1 atom stereocenters. The number of rotatable bonds is 4. The van der Waals surface area contributed by atoms with E-state index in [9.17, 15) is 0 Å². The molecule has 0 aliphatic heterocycles. The zero-order chi connectivity index (χ0) is 11.2. The molecular formula is C15H24O. The van der Waals surface area contributed by atoms with E-state index in [0.29, 0.717) is 11.5 Å². The summed E-state index contributed by atoms with van der Waals surface area (Å²) in [7, 11) is 0. The second kappa shape index (κ2) is 3.78. The fourth-order valence-electron chi connectivity index (χ4n) is 5.36. The molecule has 1 heteroatoms. The van der Waals surface area contributed by atoms with Gasteiger partial charge in [-0.25, -0.2) is 0 Å². The third-order valence-electron chi connectivity index (χ3n) is 5.21. The number of hydrogen-bond acceptors (Lipinski definition) is 1. The van der Waals surface area contributed by atoms with Gasteiger partial charge in [-0.2, -0.15) is 0 Å². The second-order valence-corrected chi connectivity index (χ2v) is 6.74. The quantitative estimate of drug-likeness (QED) is 0.647. The van der Waals surface area contributed by atoms with Crippen LogP contribution in [-0.4, -0.2) is 6.10 Å². The maximum atomic E-state index is 5.54. The zero-order valence-electron chi connectivity index (χ0n) is 10.5. The molecular weight excluding hydrogens is 196 g/mol. The van der Waals surface area contributed by atoms with Crippen molar-refractivity contribution >= 4 is 0 Å². The third-order valence-corrected chi connectivity index (χ3v) is 5.21. The van der Waals surface area contributed by atoms with Crippen molar-refractivity contribution in [2.24, 2.45) is 23.2 Å². The molecule has 0 aromatic carbocycles. The molecule has 4 rings (SSSR count). The Morgan fingerprint density at radius 3 is 2.12 bits per heavy atom. The van der Waals surface area contributed by atoms with Gasteiger partial charge in [0.2, 0.25) is 0 Å². The Labute approximate surface area is 99.3 Å². The van der Waals surface area contributed by atoms with Gasteiger partial charge < -0.3 is 4.74 Å². The number of hydrogen-bond donors (Lipinski definition) is 0. The van der Waals surface area contributed by atoms with E-state index < -0.39 is 0 Å². The van der Waals surface area contributed by atoms with E-state index >= 15 is 0 Å². The molecule has 16 heavy (non-hydrogen) atoms. The van der Waals surface area contributed by atoms with Crippen LogP contribution < -0.4 is 0 Å². The monoisotopic (exact) mass is 220 g/mol. The summed E-state index contributed by atoms with van der Waals surface area (Å²) in [5, 5.41) is 0. The smallest absolute Gasteiger partial charge is 0.0955 e. The molecule has 90 valence electrons. The molecule has 4 fully saturated rings. The van der Waals surface area contributed by atoms with Crippen molar-refractivity contribution < 1.29 is 4.74 Å². The van der Waals surface area contributed by atoms with Crippen molar-refractivity contribution in [2.75, 3.05) is 0 Å². The van der Waals surface area contributed by atoms with Crippen LogP contribution in [0, 0.1) is 23.2 Å². The molecule has 0 saturated heterocycles. The molecule has 0 spiro atoms. The molecule has 4 bridgehead atoms. The largest absolute Gasteiger partial charge is 0.499 e. The van der Waals surface area contributed by atoms with Crippen LogP contribution in [0.5, 0.6) is 0 Å². The Balaban J connectivity index is 1.71. The zero-order valence-corrected chi connectivity index (χ0v) is 10.5. The lowest BCUT2D eigenvalue weighted by atomic mass is 9.48. The van der Waals surface area contributed by atoms with Crippen LogP contribution in [0.3, 0.4) is 0 Å². The van der Waals surface area contributed by atoms with Crippen molar-refractivity contribution in [3.05, 3.63) is 12.8 Å². The van der Waals surface area contributed by atoms with Crippen molar-refractivity contribution in [3.8, 4) is 0 Å². The van der Waals surface area contributed by atoms with Crippen LogP contribution in [0.2, 0.25) is 0 Å². The van der Waals surface area contributed by atoms with E-state index in [2.05, 4.69) is 13.5 Å². The van der Waals surface area contributed by atoms with Gasteiger partial charge in [0.1, 0.15) is 0 Å². The maximum Gasteiger partial charge on any atom is 0.0955 e. The average Bonchev–Trinajstić information content (AvgIpc) is 2.13. The highest BCUT2D eigenvalue weighted by atomic mass is 16.5. The lowest BCUT2D eigenvalue weighted by Gasteiger charge is -2.57. The Hall–Kier alpha value is -0.460. The van der Waals surface area contributed by atoms with Gasteiger partial charge in [0.25, 0.3) is 0 Å². The van der Waals surface area contributed by atoms with E-state index in [0.717, 1.165) is 17.8 Å². The summed E-state index contributed by atoms with van der Waals surface area (Å²) in [5.74, 6) is 3.17. The summed E-state index contributed by atoms with van der Waals surface area (Å²) < 4.78 is 5.54. The SMILES string of the molecule is C=COC(C)CC12CC3CC(CC(C3)C1)C2. The average molecular weight is 220 g/mol. The highest BCUT2D eigenvalue weighted by molar-refractivity contribution is 5.01. The van der Waals surface area contributed by atoms with Gasteiger partial charge in [-0.05, 0) is 75.0 Å². The highest BCUT2D eigenvalue weighted by Gasteiger charge is 2.51. The van der Waals surface area contributed by atoms with Crippen LogP contribution in [0.1, 0.15) is 51.9 Å². The summed E-state index contributed by atoms with van der Waals surface area (Å²) in [6, 6.07) is 0. The van der Waals surface area contributed by atoms with Crippen molar-refractivity contribution in [2.45, 2.75) is 58.0 Å². The predicted octanol–water partition coefficient (Wildman–Crippen LogP) is 4.14. The van der Waals surface area contributed by atoms with Crippen LogP contribution in [-0.2, 0) is 4.74 Å². The molecule has 1 nitrogen and oxygen atoms in total. The van der Waals surface area contributed by atoms with Gasteiger partial charge >= 0.3 is 0 Å². The molecule has 4 aliphatic carbocycles. The summed E-state index contributed by atoms with van der Waals surface area (Å²) in [6.45, 7) is 5.88. The van der Waals surface area contributed by atoms with Crippen LogP contribution >= 0.6 is 0 Å². The van der Waals surface area contributed by atoms with Crippen LogP contribution in [0.4, 0.5) is 0 Å². The first-order valence-corrected chi connectivity index (χ1v) is 6.95. The van der Waals surface area contributed by atoms with Gasteiger partial charge in [0, 0.05) is 0 Å². The summed E-state index contributed by atoms with van der Waals surface area (Å²) >= 11 is 0. The molecule has 1 unspecified atom stereocenters.